The Labute approximate surface area is 199 Å². The predicted octanol–water partition coefficient (Wildman–Crippen LogP) is 2.85. The van der Waals surface area contributed by atoms with E-state index in [-0.39, 0.29) is 23.5 Å². The van der Waals surface area contributed by atoms with E-state index in [0.717, 1.165) is 5.56 Å². The van der Waals surface area contributed by atoms with Crippen LogP contribution in [0.5, 0.6) is 11.5 Å². The molecule has 0 fully saturated rings. The second-order valence-corrected chi connectivity index (χ2v) is 7.89. The number of hydrogen-bond donors (Lipinski definition) is 0. The molecule has 0 amide bonds. The Kier molecular flexibility index (Phi) is 5.96. The van der Waals surface area contributed by atoms with Crippen molar-refractivity contribution in [2.24, 2.45) is 0 Å². The first-order valence-corrected chi connectivity index (χ1v) is 11.0. The topological polar surface area (TPSA) is 123 Å². The highest BCUT2D eigenvalue weighted by Gasteiger charge is 2.16. The molecule has 0 saturated heterocycles. The summed E-state index contributed by atoms with van der Waals surface area (Å²) in [6, 6.07) is 13.4. The molecule has 3 aromatic heterocycles. The summed E-state index contributed by atoms with van der Waals surface area (Å²) in [7, 11) is 1.57. The number of hydrogen-bond acceptors (Lipinski definition) is 9. The maximum absolute atomic E-state index is 13.0. The molecule has 5 rings (SSSR count). The minimum atomic E-state index is -0.340. The molecule has 2 aromatic carbocycles. The SMILES string of the molecule is CCOc1ccc(-c2noc(Cn3cnc4c(nnn4Cc4ccc(C)cc4)c3=O)n2)cc1OC. The van der Waals surface area contributed by atoms with E-state index in [1.165, 1.54) is 16.5 Å². The van der Waals surface area contributed by atoms with Crippen LogP contribution in [-0.4, -0.2) is 48.4 Å². The van der Waals surface area contributed by atoms with Gasteiger partial charge in [0.15, 0.2) is 22.7 Å². The second kappa shape index (κ2) is 9.37. The van der Waals surface area contributed by atoms with E-state index < -0.39 is 0 Å². The van der Waals surface area contributed by atoms with Crippen molar-refractivity contribution in [1.82, 2.24) is 34.7 Å². The average molecular weight is 473 g/mol. The van der Waals surface area contributed by atoms with Crippen molar-refractivity contribution in [3.8, 4) is 22.9 Å². The van der Waals surface area contributed by atoms with Gasteiger partial charge in [-0.3, -0.25) is 9.36 Å². The van der Waals surface area contributed by atoms with Gasteiger partial charge in [0.05, 0.1) is 20.3 Å². The largest absolute Gasteiger partial charge is 0.493 e. The molecule has 0 atom stereocenters. The Bertz CT molecular complexity index is 1540. The van der Waals surface area contributed by atoms with E-state index in [1.807, 2.05) is 44.2 Å². The average Bonchev–Trinajstić information content (AvgIpc) is 3.50. The third-order valence-electron chi connectivity index (χ3n) is 5.44. The van der Waals surface area contributed by atoms with Gasteiger partial charge in [0.2, 0.25) is 11.7 Å². The van der Waals surface area contributed by atoms with Crippen LogP contribution in [0.15, 0.2) is 58.1 Å². The first-order valence-electron chi connectivity index (χ1n) is 11.0. The van der Waals surface area contributed by atoms with E-state index >= 15 is 0 Å². The highest BCUT2D eigenvalue weighted by atomic mass is 16.5. The molecule has 0 unspecified atom stereocenters. The fraction of sp³-hybridized carbons (Fsp3) is 0.250. The van der Waals surface area contributed by atoms with Crippen molar-refractivity contribution in [3.63, 3.8) is 0 Å². The van der Waals surface area contributed by atoms with Crippen LogP contribution in [0.4, 0.5) is 0 Å². The molecule has 0 N–H and O–H groups in total. The molecule has 0 saturated carbocycles. The first kappa shape index (κ1) is 22.3. The lowest BCUT2D eigenvalue weighted by atomic mass is 10.1. The molecular weight excluding hydrogens is 450 g/mol. The van der Waals surface area contributed by atoms with Crippen LogP contribution < -0.4 is 15.0 Å². The monoisotopic (exact) mass is 473 g/mol. The molecule has 178 valence electrons. The third kappa shape index (κ3) is 4.47. The molecule has 3 heterocycles. The van der Waals surface area contributed by atoms with Crippen molar-refractivity contribution in [2.75, 3.05) is 13.7 Å². The normalized spacial score (nSPS) is 11.2. The summed E-state index contributed by atoms with van der Waals surface area (Å²) in [4.78, 5) is 21.8. The molecule has 35 heavy (non-hydrogen) atoms. The number of aromatic nitrogens is 7. The standard InChI is InChI=1S/C24H23N7O4/c1-4-34-18-10-9-17(11-19(18)33-3)22-26-20(35-28-22)13-30-14-25-23-21(24(30)32)27-29-31(23)12-16-7-5-15(2)6-8-16/h5-11,14H,4,12-13H2,1-3H3. The Balaban J connectivity index is 1.37. The lowest BCUT2D eigenvalue weighted by Gasteiger charge is -2.09. The van der Waals surface area contributed by atoms with Gasteiger partial charge in [-0.05, 0) is 37.6 Å². The molecule has 5 aromatic rings. The van der Waals surface area contributed by atoms with E-state index in [9.17, 15) is 4.79 Å². The maximum atomic E-state index is 13.0. The molecule has 0 aliphatic heterocycles. The van der Waals surface area contributed by atoms with Gasteiger partial charge in [-0.1, -0.05) is 40.2 Å². The van der Waals surface area contributed by atoms with Crippen LogP contribution >= 0.6 is 0 Å². The summed E-state index contributed by atoms with van der Waals surface area (Å²) < 4.78 is 19.3. The molecule has 0 aliphatic rings. The predicted molar refractivity (Wildman–Crippen MR) is 126 cm³/mol. The zero-order valence-corrected chi connectivity index (χ0v) is 19.5. The molecule has 0 bridgehead atoms. The van der Waals surface area contributed by atoms with E-state index in [2.05, 4.69) is 25.4 Å². The van der Waals surface area contributed by atoms with Crippen molar-refractivity contribution in [3.05, 3.63) is 76.2 Å². The van der Waals surface area contributed by atoms with Gasteiger partial charge in [-0.15, -0.1) is 5.10 Å². The van der Waals surface area contributed by atoms with Crippen molar-refractivity contribution >= 4 is 11.2 Å². The summed E-state index contributed by atoms with van der Waals surface area (Å²) in [5.41, 5.74) is 3.16. The lowest BCUT2D eigenvalue weighted by Crippen LogP contribution is -2.21. The summed E-state index contributed by atoms with van der Waals surface area (Å²) in [5.74, 6) is 1.81. The highest BCUT2D eigenvalue weighted by molar-refractivity contribution is 5.67. The number of fused-ring (bicyclic) bond motifs is 1. The van der Waals surface area contributed by atoms with Crippen LogP contribution in [0, 0.1) is 6.92 Å². The summed E-state index contributed by atoms with van der Waals surface area (Å²) in [6.45, 7) is 4.96. The molecule has 0 spiro atoms. The highest BCUT2D eigenvalue weighted by Crippen LogP contribution is 2.31. The van der Waals surface area contributed by atoms with Crippen LogP contribution in [0.25, 0.3) is 22.6 Å². The van der Waals surface area contributed by atoms with Gasteiger partial charge in [0, 0.05) is 5.56 Å². The summed E-state index contributed by atoms with van der Waals surface area (Å²) in [6.07, 6.45) is 1.43. The number of aryl methyl sites for hydroxylation is 1. The van der Waals surface area contributed by atoms with E-state index in [1.54, 1.807) is 23.9 Å². The minimum Gasteiger partial charge on any atom is -0.493 e. The first-order chi connectivity index (χ1) is 17.1. The van der Waals surface area contributed by atoms with Gasteiger partial charge >= 0.3 is 0 Å². The smallest absolute Gasteiger partial charge is 0.283 e. The number of nitrogens with zero attached hydrogens (tertiary/aromatic N) is 7. The number of ether oxygens (including phenoxy) is 2. The van der Waals surface area contributed by atoms with Crippen molar-refractivity contribution in [1.29, 1.82) is 0 Å². The summed E-state index contributed by atoms with van der Waals surface area (Å²) in [5, 5.41) is 12.2. The van der Waals surface area contributed by atoms with Gasteiger partial charge in [-0.25, -0.2) is 9.67 Å². The van der Waals surface area contributed by atoms with Crippen molar-refractivity contribution < 1.29 is 14.0 Å². The molecule has 11 nitrogen and oxygen atoms in total. The Morgan fingerprint density at radius 1 is 1.06 bits per heavy atom. The quantitative estimate of drug-likeness (QED) is 0.335. The third-order valence-corrected chi connectivity index (χ3v) is 5.44. The molecule has 0 radical (unpaired) electrons. The van der Waals surface area contributed by atoms with Gasteiger partial charge in [0.25, 0.3) is 5.56 Å². The number of methoxy groups -OCH3 is 1. The number of rotatable bonds is 8. The minimum absolute atomic E-state index is 0.0494. The lowest BCUT2D eigenvalue weighted by molar-refractivity contribution is 0.311. The Morgan fingerprint density at radius 3 is 2.66 bits per heavy atom. The Hall–Kier alpha value is -4.54. The zero-order valence-electron chi connectivity index (χ0n) is 19.5. The second-order valence-electron chi connectivity index (χ2n) is 7.89. The summed E-state index contributed by atoms with van der Waals surface area (Å²) >= 11 is 0. The molecular formula is C24H23N7O4. The van der Waals surface area contributed by atoms with E-state index in [0.29, 0.717) is 41.7 Å². The molecule has 0 aliphatic carbocycles. The fourth-order valence-corrected chi connectivity index (χ4v) is 3.64. The van der Waals surface area contributed by atoms with Gasteiger partial charge < -0.3 is 14.0 Å². The molecule has 11 heteroatoms. The van der Waals surface area contributed by atoms with Crippen LogP contribution in [0.1, 0.15) is 23.9 Å². The maximum Gasteiger partial charge on any atom is 0.283 e. The van der Waals surface area contributed by atoms with Crippen LogP contribution in [-0.2, 0) is 13.1 Å². The van der Waals surface area contributed by atoms with E-state index in [4.69, 9.17) is 14.0 Å². The van der Waals surface area contributed by atoms with Crippen LogP contribution in [0.2, 0.25) is 0 Å². The fourth-order valence-electron chi connectivity index (χ4n) is 3.64. The van der Waals surface area contributed by atoms with Crippen molar-refractivity contribution in [2.45, 2.75) is 26.9 Å². The van der Waals surface area contributed by atoms with Crippen LogP contribution in [0.3, 0.4) is 0 Å². The van der Waals surface area contributed by atoms with Gasteiger partial charge in [-0.2, -0.15) is 4.98 Å². The zero-order chi connectivity index (χ0) is 24.4. The number of benzene rings is 2. The van der Waals surface area contributed by atoms with Gasteiger partial charge in [0.1, 0.15) is 12.9 Å². The Morgan fingerprint density at radius 2 is 1.89 bits per heavy atom.